The molecule has 238 valence electrons. The van der Waals surface area contributed by atoms with Crippen LogP contribution >= 0.6 is 0 Å². The van der Waals surface area contributed by atoms with E-state index in [0.717, 1.165) is 52.9 Å². The Morgan fingerprint density at radius 3 is 2.43 bits per heavy atom. The van der Waals surface area contributed by atoms with Crippen molar-refractivity contribution in [3.63, 3.8) is 0 Å². The summed E-state index contributed by atoms with van der Waals surface area (Å²) < 4.78 is 13.3. The molecule has 6 rings (SSSR count). The van der Waals surface area contributed by atoms with Crippen molar-refractivity contribution < 1.29 is 19.4 Å². The first-order valence-electron chi connectivity index (χ1n) is 16.3. The number of ether oxygens (including phenoxy) is 2. The summed E-state index contributed by atoms with van der Waals surface area (Å²) in [5.41, 5.74) is 6.66. The largest absolute Gasteiger partial charge is 0.392 e. The summed E-state index contributed by atoms with van der Waals surface area (Å²) in [4.78, 5) is 19.1. The van der Waals surface area contributed by atoms with E-state index >= 15 is 0 Å². The highest BCUT2D eigenvalue weighted by molar-refractivity contribution is 5.93. The van der Waals surface area contributed by atoms with Crippen LogP contribution in [0.2, 0.25) is 0 Å². The van der Waals surface area contributed by atoms with E-state index in [4.69, 9.17) is 9.47 Å². The minimum atomic E-state index is -0.501. The lowest BCUT2D eigenvalue weighted by atomic mass is 9.98. The Balaban J connectivity index is 1.17. The molecule has 7 nitrogen and oxygen atoms in total. The molecule has 7 heteroatoms. The standard InChI is InChI=1S/C39H43N3O4/c1-2-21-42(35-10-3-4-11-35)26-36-23-37(31-14-12-28(27-43)13-15-31)46-39(45-36)32-18-16-30(17-19-32)33-8-5-7-29(22-33)24-41-38(44)34-9-6-20-40-25-34/h2,5-9,12-20,22,25,35-37,39,43H,1,3-4,10-11,21,23-24,26-27H2,(H,41,44)/t36-,37+,39+/m0/s1. The monoisotopic (exact) mass is 617 g/mol. The van der Waals surface area contributed by atoms with Crippen LogP contribution in [0, 0.1) is 0 Å². The third-order valence-corrected chi connectivity index (χ3v) is 9.08. The molecule has 2 heterocycles. The summed E-state index contributed by atoms with van der Waals surface area (Å²) in [6, 6.07) is 28.7. The number of amides is 1. The van der Waals surface area contributed by atoms with Gasteiger partial charge >= 0.3 is 0 Å². The fourth-order valence-corrected chi connectivity index (χ4v) is 6.58. The van der Waals surface area contributed by atoms with Crippen molar-refractivity contribution in [1.82, 2.24) is 15.2 Å². The summed E-state index contributed by atoms with van der Waals surface area (Å²) in [6.07, 6.45) is 10.4. The number of aliphatic hydroxyl groups is 1. The summed E-state index contributed by atoms with van der Waals surface area (Å²) in [5.74, 6) is -0.146. The van der Waals surface area contributed by atoms with Crippen molar-refractivity contribution in [2.75, 3.05) is 13.1 Å². The van der Waals surface area contributed by atoms with Gasteiger partial charge in [0, 0.05) is 50.1 Å². The molecule has 1 aliphatic heterocycles. The Morgan fingerprint density at radius 1 is 0.935 bits per heavy atom. The molecule has 0 bridgehead atoms. The molecule has 1 aromatic heterocycles. The molecule has 1 saturated carbocycles. The van der Waals surface area contributed by atoms with Crippen LogP contribution < -0.4 is 5.32 Å². The quantitative estimate of drug-likeness (QED) is 0.164. The van der Waals surface area contributed by atoms with Crippen LogP contribution in [0.25, 0.3) is 11.1 Å². The van der Waals surface area contributed by atoms with E-state index in [1.807, 2.05) is 30.3 Å². The maximum atomic E-state index is 12.5. The molecule has 1 saturated heterocycles. The van der Waals surface area contributed by atoms with E-state index in [2.05, 4.69) is 70.3 Å². The predicted molar refractivity (Wildman–Crippen MR) is 180 cm³/mol. The van der Waals surface area contributed by atoms with Gasteiger partial charge in [-0.15, -0.1) is 6.58 Å². The molecule has 3 aromatic carbocycles. The van der Waals surface area contributed by atoms with Gasteiger partial charge in [0.2, 0.25) is 0 Å². The second-order valence-electron chi connectivity index (χ2n) is 12.3. The molecule has 0 radical (unpaired) electrons. The zero-order chi connectivity index (χ0) is 31.7. The van der Waals surface area contributed by atoms with Gasteiger partial charge in [-0.1, -0.05) is 85.6 Å². The Kier molecular flexibility index (Phi) is 10.7. The fraction of sp³-hybridized carbons (Fsp3) is 0.333. The Hall–Kier alpha value is -4.14. The van der Waals surface area contributed by atoms with E-state index in [-0.39, 0.29) is 24.7 Å². The number of carbonyl (C=O) groups excluding carboxylic acids is 1. The van der Waals surface area contributed by atoms with Crippen molar-refractivity contribution in [2.45, 2.75) is 69.8 Å². The van der Waals surface area contributed by atoms with Crippen LogP contribution in [0.1, 0.15) is 77.1 Å². The van der Waals surface area contributed by atoms with Crippen molar-refractivity contribution in [2.24, 2.45) is 0 Å². The summed E-state index contributed by atoms with van der Waals surface area (Å²) in [5, 5.41) is 12.5. The lowest BCUT2D eigenvalue weighted by molar-refractivity contribution is -0.253. The number of hydrogen-bond donors (Lipinski definition) is 2. The van der Waals surface area contributed by atoms with Gasteiger partial charge in [0.1, 0.15) is 0 Å². The van der Waals surface area contributed by atoms with Crippen LogP contribution in [0.3, 0.4) is 0 Å². The van der Waals surface area contributed by atoms with Gasteiger partial charge in [-0.25, -0.2) is 0 Å². The van der Waals surface area contributed by atoms with Gasteiger partial charge in [-0.2, -0.15) is 0 Å². The Bertz CT molecular complexity index is 1570. The maximum Gasteiger partial charge on any atom is 0.253 e. The third kappa shape index (κ3) is 7.98. The van der Waals surface area contributed by atoms with Crippen LogP contribution in [0.4, 0.5) is 0 Å². The molecule has 1 aliphatic carbocycles. The zero-order valence-corrected chi connectivity index (χ0v) is 26.3. The molecule has 0 unspecified atom stereocenters. The number of aromatic nitrogens is 1. The van der Waals surface area contributed by atoms with Crippen molar-refractivity contribution in [1.29, 1.82) is 0 Å². The molecule has 3 atom stereocenters. The minimum absolute atomic E-state index is 0.0000501. The number of aliphatic hydroxyl groups excluding tert-OH is 1. The summed E-state index contributed by atoms with van der Waals surface area (Å²) in [7, 11) is 0. The molecule has 4 aromatic rings. The van der Waals surface area contributed by atoms with Crippen LogP contribution in [-0.2, 0) is 22.6 Å². The average molecular weight is 618 g/mol. The lowest BCUT2D eigenvalue weighted by Gasteiger charge is -2.39. The second kappa shape index (κ2) is 15.4. The SMILES string of the molecule is C=CCN(C[C@@H]1C[C@H](c2ccc(CO)cc2)O[C@H](c2ccc(-c3cccc(CNC(=O)c4cccnc4)c3)cc2)O1)C1CCCC1. The average Bonchev–Trinajstić information content (AvgIpc) is 3.66. The number of rotatable bonds is 12. The number of hydrogen-bond acceptors (Lipinski definition) is 6. The highest BCUT2D eigenvalue weighted by Gasteiger charge is 2.34. The third-order valence-electron chi connectivity index (χ3n) is 9.08. The summed E-state index contributed by atoms with van der Waals surface area (Å²) in [6.45, 7) is 6.17. The number of carbonyl (C=O) groups is 1. The number of pyridine rings is 1. The van der Waals surface area contributed by atoms with E-state index in [9.17, 15) is 9.90 Å². The van der Waals surface area contributed by atoms with Crippen LogP contribution in [0.5, 0.6) is 0 Å². The highest BCUT2D eigenvalue weighted by Crippen LogP contribution is 2.39. The molecular weight excluding hydrogens is 574 g/mol. The van der Waals surface area contributed by atoms with E-state index in [1.165, 1.54) is 25.7 Å². The molecule has 2 fully saturated rings. The van der Waals surface area contributed by atoms with E-state index in [1.54, 1.807) is 24.5 Å². The predicted octanol–water partition coefficient (Wildman–Crippen LogP) is 7.15. The van der Waals surface area contributed by atoms with Gasteiger partial charge in [-0.05, 0) is 58.9 Å². The zero-order valence-electron chi connectivity index (χ0n) is 26.3. The first-order valence-corrected chi connectivity index (χ1v) is 16.3. The topological polar surface area (TPSA) is 83.9 Å². The Labute approximate surface area is 271 Å². The van der Waals surface area contributed by atoms with Gasteiger partial charge in [0.25, 0.3) is 5.91 Å². The number of nitrogens with zero attached hydrogens (tertiary/aromatic N) is 2. The van der Waals surface area contributed by atoms with E-state index in [0.29, 0.717) is 18.2 Å². The number of benzene rings is 3. The van der Waals surface area contributed by atoms with E-state index < -0.39 is 6.29 Å². The smallest absolute Gasteiger partial charge is 0.253 e. The van der Waals surface area contributed by atoms with Crippen molar-refractivity contribution >= 4 is 5.91 Å². The summed E-state index contributed by atoms with van der Waals surface area (Å²) >= 11 is 0. The van der Waals surface area contributed by atoms with Crippen LogP contribution in [0.15, 0.2) is 110 Å². The second-order valence-corrected chi connectivity index (χ2v) is 12.3. The highest BCUT2D eigenvalue weighted by atomic mass is 16.7. The minimum Gasteiger partial charge on any atom is -0.392 e. The molecule has 0 spiro atoms. The van der Waals surface area contributed by atoms with Gasteiger partial charge in [0.15, 0.2) is 6.29 Å². The first-order chi connectivity index (χ1) is 22.6. The molecular formula is C39H43N3O4. The number of nitrogens with one attached hydrogen (secondary N) is 1. The van der Waals surface area contributed by atoms with Crippen LogP contribution in [-0.4, -0.2) is 46.1 Å². The van der Waals surface area contributed by atoms with Crippen molar-refractivity contribution in [3.8, 4) is 11.1 Å². The van der Waals surface area contributed by atoms with Gasteiger partial charge < -0.3 is 19.9 Å². The fourth-order valence-electron chi connectivity index (χ4n) is 6.58. The molecule has 1 amide bonds. The molecule has 2 aliphatic rings. The van der Waals surface area contributed by atoms with Gasteiger partial charge in [-0.3, -0.25) is 14.7 Å². The van der Waals surface area contributed by atoms with Gasteiger partial charge in [0.05, 0.1) is 24.4 Å². The normalized spacial score (nSPS) is 20.1. The van der Waals surface area contributed by atoms with Crippen molar-refractivity contribution in [3.05, 3.63) is 138 Å². The molecule has 46 heavy (non-hydrogen) atoms. The first kappa shape index (κ1) is 31.8. The Morgan fingerprint density at radius 2 is 1.72 bits per heavy atom. The molecule has 2 N–H and O–H groups in total. The lowest BCUT2D eigenvalue weighted by Crippen LogP contribution is -2.43. The maximum absolute atomic E-state index is 12.5.